The van der Waals surface area contributed by atoms with E-state index in [-0.39, 0.29) is 18.2 Å². The Morgan fingerprint density at radius 2 is 2.04 bits per heavy atom. The van der Waals surface area contributed by atoms with Crippen molar-refractivity contribution in [2.24, 2.45) is 0 Å². The first-order valence-corrected chi connectivity index (χ1v) is 8.85. The Kier molecular flexibility index (Phi) is 5.13. The number of carbonyl (C=O) groups is 2. The molecule has 0 bridgehead atoms. The van der Waals surface area contributed by atoms with Crippen LogP contribution in [0.3, 0.4) is 0 Å². The van der Waals surface area contributed by atoms with E-state index < -0.39 is 12.0 Å². The van der Waals surface area contributed by atoms with Gasteiger partial charge < -0.3 is 10.4 Å². The number of nitrogens with zero attached hydrogens (tertiary/aromatic N) is 2. The molecule has 8 heteroatoms. The molecule has 0 radical (unpaired) electrons. The molecule has 0 aliphatic rings. The smallest absolute Gasteiger partial charge is 0.311 e. The maximum Gasteiger partial charge on any atom is 0.311 e. The van der Waals surface area contributed by atoms with Gasteiger partial charge in [0, 0.05) is 4.88 Å². The van der Waals surface area contributed by atoms with Crippen molar-refractivity contribution < 1.29 is 14.7 Å². The van der Waals surface area contributed by atoms with Crippen molar-refractivity contribution in [1.29, 1.82) is 0 Å². The Bertz CT molecular complexity index is 933. The molecule has 1 unspecified atom stereocenters. The van der Waals surface area contributed by atoms with Crippen LogP contribution in [0.25, 0.3) is 10.4 Å². The van der Waals surface area contributed by atoms with Gasteiger partial charge in [0.25, 0.3) is 5.91 Å². The predicted octanol–water partition coefficient (Wildman–Crippen LogP) is 2.96. The van der Waals surface area contributed by atoms with Crippen LogP contribution in [0.15, 0.2) is 36.4 Å². The van der Waals surface area contributed by atoms with Crippen molar-refractivity contribution in [3.05, 3.63) is 58.5 Å². The van der Waals surface area contributed by atoms with Gasteiger partial charge in [0.05, 0.1) is 10.9 Å². The minimum absolute atomic E-state index is 0.211. The fourth-order valence-corrected chi connectivity index (χ4v) is 3.61. The lowest BCUT2D eigenvalue weighted by Gasteiger charge is -2.09. The lowest BCUT2D eigenvalue weighted by Crippen LogP contribution is -2.26. The number of rotatable bonds is 6. The summed E-state index contributed by atoms with van der Waals surface area (Å²) in [5.74, 6) is -0.595. The molecule has 1 aromatic carbocycles. The average molecular weight is 370 g/mol. The Hall–Kier alpha value is -3.00. The van der Waals surface area contributed by atoms with Crippen LogP contribution < -0.4 is 5.32 Å². The highest BCUT2D eigenvalue weighted by Gasteiger charge is 2.19. The zero-order valence-corrected chi connectivity index (χ0v) is 15.1. The minimum atomic E-state index is -0.994. The van der Waals surface area contributed by atoms with Gasteiger partial charge in [-0.25, -0.2) is 4.98 Å². The Balaban J connectivity index is 1.72. The number of hydrogen-bond donors (Lipinski definition) is 3. The number of carboxylic acid groups (broad SMARTS) is 1. The zero-order valence-electron chi connectivity index (χ0n) is 14.3. The van der Waals surface area contributed by atoms with Crippen LogP contribution in [0.4, 0.5) is 0 Å². The number of carbonyl (C=O) groups excluding carboxylic acids is 1. The van der Waals surface area contributed by atoms with E-state index in [9.17, 15) is 9.59 Å². The summed E-state index contributed by atoms with van der Waals surface area (Å²) in [6, 6.07) is 11.3. The summed E-state index contributed by atoms with van der Waals surface area (Å²) in [4.78, 5) is 29.0. The molecule has 0 aliphatic heterocycles. The highest BCUT2D eigenvalue weighted by atomic mass is 32.1. The number of thiophene rings is 1. The summed E-state index contributed by atoms with van der Waals surface area (Å²) >= 11 is 1.43. The maximum absolute atomic E-state index is 12.5. The molecule has 3 aromatic rings. The Labute approximate surface area is 154 Å². The van der Waals surface area contributed by atoms with E-state index in [0.29, 0.717) is 10.7 Å². The largest absolute Gasteiger partial charge is 0.481 e. The van der Waals surface area contributed by atoms with Gasteiger partial charge in [0.15, 0.2) is 5.82 Å². The molecule has 0 saturated carbocycles. The van der Waals surface area contributed by atoms with Crippen LogP contribution in [0.1, 0.15) is 39.8 Å². The number of nitrogens with one attached hydrogen (secondary N) is 2. The minimum Gasteiger partial charge on any atom is -0.481 e. The normalized spacial score (nSPS) is 11.9. The molecule has 2 heterocycles. The highest BCUT2D eigenvalue weighted by Crippen LogP contribution is 2.32. The number of amides is 1. The summed E-state index contributed by atoms with van der Waals surface area (Å²) < 4.78 is 0. The topological polar surface area (TPSA) is 108 Å². The molecule has 1 amide bonds. The molecule has 0 spiro atoms. The van der Waals surface area contributed by atoms with Crippen LogP contribution in [0, 0.1) is 6.92 Å². The molecule has 7 nitrogen and oxygen atoms in total. The number of aromatic amines is 1. The molecule has 134 valence electrons. The first-order chi connectivity index (χ1) is 12.4. The molecule has 1 atom stereocenters. The lowest BCUT2D eigenvalue weighted by molar-refractivity contribution is -0.136. The van der Waals surface area contributed by atoms with Crippen LogP contribution in [0.2, 0.25) is 0 Å². The van der Waals surface area contributed by atoms with Gasteiger partial charge in [0.1, 0.15) is 12.2 Å². The van der Waals surface area contributed by atoms with Crippen molar-refractivity contribution in [2.45, 2.75) is 26.3 Å². The molecule has 26 heavy (non-hydrogen) atoms. The van der Waals surface area contributed by atoms with Gasteiger partial charge in [-0.1, -0.05) is 30.3 Å². The summed E-state index contributed by atoms with van der Waals surface area (Å²) in [5.41, 5.74) is 2.12. The first-order valence-electron chi connectivity index (χ1n) is 8.03. The Morgan fingerprint density at radius 1 is 1.31 bits per heavy atom. The van der Waals surface area contributed by atoms with Crippen LogP contribution in [-0.2, 0) is 11.2 Å². The number of aromatic nitrogens is 3. The van der Waals surface area contributed by atoms with Crippen LogP contribution in [-0.4, -0.2) is 32.2 Å². The third kappa shape index (κ3) is 3.97. The van der Waals surface area contributed by atoms with E-state index in [1.165, 1.54) is 11.3 Å². The van der Waals surface area contributed by atoms with Crippen LogP contribution >= 0.6 is 11.3 Å². The van der Waals surface area contributed by atoms with E-state index in [1.54, 1.807) is 6.92 Å². The van der Waals surface area contributed by atoms with Crippen molar-refractivity contribution in [3.8, 4) is 10.4 Å². The van der Waals surface area contributed by atoms with Gasteiger partial charge in [-0.05, 0) is 31.0 Å². The predicted molar refractivity (Wildman–Crippen MR) is 98.1 cm³/mol. The second-order valence-electron chi connectivity index (χ2n) is 5.89. The van der Waals surface area contributed by atoms with E-state index in [1.807, 2.05) is 43.3 Å². The van der Waals surface area contributed by atoms with Gasteiger partial charge in [-0.2, -0.15) is 5.10 Å². The number of carboxylic acids is 1. The van der Waals surface area contributed by atoms with Crippen molar-refractivity contribution in [1.82, 2.24) is 20.5 Å². The molecule has 3 N–H and O–H groups in total. The number of aliphatic carboxylic acids is 1. The van der Waals surface area contributed by atoms with Crippen molar-refractivity contribution in [2.75, 3.05) is 0 Å². The second kappa shape index (κ2) is 7.49. The lowest BCUT2D eigenvalue weighted by atomic mass is 10.1. The summed E-state index contributed by atoms with van der Waals surface area (Å²) in [6.07, 6.45) is -0.238. The van der Waals surface area contributed by atoms with Crippen molar-refractivity contribution >= 4 is 23.2 Å². The highest BCUT2D eigenvalue weighted by molar-refractivity contribution is 7.17. The number of hydrogen-bond acceptors (Lipinski definition) is 5. The number of aryl methyl sites for hydroxylation is 1. The van der Waals surface area contributed by atoms with Gasteiger partial charge in [0.2, 0.25) is 0 Å². The number of benzene rings is 1. The Morgan fingerprint density at radius 3 is 2.73 bits per heavy atom. The molecule has 0 aliphatic carbocycles. The molecule has 0 fully saturated rings. The second-order valence-corrected chi connectivity index (χ2v) is 6.95. The monoisotopic (exact) mass is 370 g/mol. The van der Waals surface area contributed by atoms with Crippen molar-refractivity contribution in [3.63, 3.8) is 0 Å². The fourth-order valence-electron chi connectivity index (χ4n) is 2.53. The van der Waals surface area contributed by atoms with Gasteiger partial charge in [-0.15, -0.1) is 11.3 Å². The maximum atomic E-state index is 12.5. The molecule has 2 aromatic heterocycles. The average Bonchev–Trinajstić information content (AvgIpc) is 3.22. The third-order valence-electron chi connectivity index (χ3n) is 3.78. The van der Waals surface area contributed by atoms with Gasteiger partial charge in [-0.3, -0.25) is 14.7 Å². The van der Waals surface area contributed by atoms with Gasteiger partial charge >= 0.3 is 5.97 Å². The number of H-pyrrole nitrogens is 1. The fraction of sp³-hybridized carbons (Fsp3) is 0.222. The van der Waals surface area contributed by atoms with E-state index in [2.05, 4.69) is 20.5 Å². The standard InChI is InChI=1S/C18H18N4O3S/c1-10-8-13(26-16(10)12-6-4-3-5-7-12)18(25)19-11(2)17-20-14(21-22-17)9-15(23)24/h3-8,11H,9H2,1-2H3,(H,19,25)(H,23,24)(H,20,21,22). The molecule has 3 rings (SSSR count). The van der Waals surface area contributed by atoms with E-state index >= 15 is 0 Å². The zero-order chi connectivity index (χ0) is 18.7. The van der Waals surface area contributed by atoms with E-state index in [4.69, 9.17) is 5.11 Å². The third-order valence-corrected chi connectivity index (χ3v) is 5.07. The molecular formula is C18H18N4O3S. The summed E-state index contributed by atoms with van der Waals surface area (Å²) in [7, 11) is 0. The molecule has 0 saturated heterocycles. The summed E-state index contributed by atoms with van der Waals surface area (Å²) in [5, 5.41) is 18.2. The SMILES string of the molecule is Cc1cc(C(=O)NC(C)c2n[nH]c(CC(=O)O)n2)sc1-c1ccccc1. The summed E-state index contributed by atoms with van der Waals surface area (Å²) in [6.45, 7) is 3.73. The quantitative estimate of drug-likeness (QED) is 0.618. The first kappa shape index (κ1) is 17.8. The van der Waals surface area contributed by atoms with Crippen LogP contribution in [0.5, 0.6) is 0 Å². The molecular weight excluding hydrogens is 352 g/mol. The van der Waals surface area contributed by atoms with E-state index in [0.717, 1.165) is 16.0 Å².